The molecule has 2 aromatic carbocycles. The Hall–Kier alpha value is -2.42. The summed E-state index contributed by atoms with van der Waals surface area (Å²) in [7, 11) is 0. The van der Waals surface area contributed by atoms with Crippen molar-refractivity contribution < 1.29 is 9.90 Å². The minimum Gasteiger partial charge on any atom is -0.508 e. The predicted octanol–water partition coefficient (Wildman–Crippen LogP) is 3.01. The number of hydrogen-bond acceptors (Lipinski definition) is 3. The zero-order valence-corrected chi connectivity index (χ0v) is 11.4. The quantitative estimate of drug-likeness (QED) is 0.847. The van der Waals surface area contributed by atoms with Gasteiger partial charge < -0.3 is 5.11 Å². The molecule has 0 aromatic heterocycles. The summed E-state index contributed by atoms with van der Waals surface area (Å²) in [6, 6.07) is 16.2. The number of Topliss-reactive ketones (excluding diaryl/α,β-unsaturated/α-hetero) is 1. The highest BCUT2D eigenvalue weighted by Crippen LogP contribution is 2.13. The minimum atomic E-state index is -0.389. The molecule has 1 unspecified atom stereocenters. The molecule has 0 saturated carbocycles. The lowest BCUT2D eigenvalue weighted by Crippen LogP contribution is -2.18. The van der Waals surface area contributed by atoms with Crippen molar-refractivity contribution in [2.45, 2.75) is 19.4 Å². The van der Waals surface area contributed by atoms with Crippen LogP contribution in [0.5, 0.6) is 5.75 Å². The van der Waals surface area contributed by atoms with E-state index in [1.165, 1.54) is 0 Å². The molecule has 0 heterocycles. The molecule has 2 rings (SSSR count). The molecule has 0 radical (unpaired) electrons. The van der Waals surface area contributed by atoms with Gasteiger partial charge in [0.05, 0.1) is 0 Å². The van der Waals surface area contributed by atoms with Crippen molar-refractivity contribution in [2.75, 3.05) is 0 Å². The van der Waals surface area contributed by atoms with Crippen LogP contribution in [0.3, 0.4) is 0 Å². The van der Waals surface area contributed by atoms with Crippen LogP contribution in [0.4, 0.5) is 0 Å². The van der Waals surface area contributed by atoms with E-state index in [2.05, 4.69) is 4.99 Å². The standard InChI is InChI=1S/C17H17NO2/c1-13(19)17(11-14-7-9-16(20)10-8-14)18-12-15-5-3-2-4-6-15/h2-10,12,17,20H,11H2,1H3. The van der Waals surface area contributed by atoms with Gasteiger partial charge in [0, 0.05) is 12.6 Å². The number of carbonyl (C=O) groups is 1. The van der Waals surface area contributed by atoms with E-state index in [0.717, 1.165) is 11.1 Å². The Balaban J connectivity index is 2.10. The molecular weight excluding hydrogens is 250 g/mol. The number of hydrogen-bond donors (Lipinski definition) is 1. The summed E-state index contributed by atoms with van der Waals surface area (Å²) >= 11 is 0. The first-order chi connectivity index (χ1) is 9.65. The number of phenolic OH excluding ortho intramolecular Hbond substituents is 1. The SMILES string of the molecule is CC(=O)C(Cc1ccc(O)cc1)N=Cc1ccccc1. The van der Waals surface area contributed by atoms with Gasteiger partial charge in [-0.1, -0.05) is 42.5 Å². The van der Waals surface area contributed by atoms with E-state index in [1.54, 1.807) is 25.3 Å². The lowest BCUT2D eigenvalue weighted by Gasteiger charge is -2.09. The van der Waals surface area contributed by atoms with Gasteiger partial charge in [0.15, 0.2) is 5.78 Å². The molecule has 0 bridgehead atoms. The van der Waals surface area contributed by atoms with E-state index < -0.39 is 0 Å². The van der Waals surface area contributed by atoms with Crippen molar-refractivity contribution in [3.8, 4) is 5.75 Å². The van der Waals surface area contributed by atoms with Gasteiger partial charge in [-0.05, 0) is 30.2 Å². The lowest BCUT2D eigenvalue weighted by atomic mass is 10.0. The summed E-state index contributed by atoms with van der Waals surface area (Å²) in [4.78, 5) is 16.0. The number of ketones is 1. The van der Waals surface area contributed by atoms with Crippen molar-refractivity contribution in [2.24, 2.45) is 4.99 Å². The molecule has 20 heavy (non-hydrogen) atoms. The van der Waals surface area contributed by atoms with E-state index in [4.69, 9.17) is 0 Å². The second kappa shape index (κ2) is 6.66. The van der Waals surface area contributed by atoms with Crippen LogP contribution in [0.25, 0.3) is 0 Å². The molecule has 0 saturated heterocycles. The Kier molecular flexibility index (Phi) is 4.66. The molecule has 0 aliphatic rings. The fraction of sp³-hybridized carbons (Fsp3) is 0.176. The number of aromatic hydroxyl groups is 1. The summed E-state index contributed by atoms with van der Waals surface area (Å²) in [6.07, 6.45) is 2.27. The fourth-order valence-electron chi connectivity index (χ4n) is 1.87. The maximum Gasteiger partial charge on any atom is 0.154 e. The van der Waals surface area contributed by atoms with Crippen molar-refractivity contribution in [1.29, 1.82) is 0 Å². The van der Waals surface area contributed by atoms with E-state index in [0.29, 0.717) is 6.42 Å². The summed E-state index contributed by atoms with van der Waals surface area (Å²) in [5, 5.41) is 9.26. The summed E-state index contributed by atoms with van der Waals surface area (Å²) in [6.45, 7) is 1.55. The van der Waals surface area contributed by atoms with E-state index in [1.807, 2.05) is 42.5 Å². The van der Waals surface area contributed by atoms with E-state index in [-0.39, 0.29) is 17.6 Å². The Morgan fingerprint density at radius 1 is 1.15 bits per heavy atom. The van der Waals surface area contributed by atoms with Crippen LogP contribution in [0, 0.1) is 0 Å². The monoisotopic (exact) mass is 267 g/mol. The van der Waals surface area contributed by atoms with Gasteiger partial charge in [-0.15, -0.1) is 0 Å². The smallest absolute Gasteiger partial charge is 0.154 e. The molecule has 0 amide bonds. The van der Waals surface area contributed by atoms with Crippen LogP contribution in [-0.4, -0.2) is 23.1 Å². The van der Waals surface area contributed by atoms with Gasteiger partial charge in [-0.3, -0.25) is 9.79 Å². The molecule has 1 N–H and O–H groups in total. The van der Waals surface area contributed by atoms with Gasteiger partial charge >= 0.3 is 0 Å². The third kappa shape index (κ3) is 4.05. The molecule has 0 aliphatic carbocycles. The zero-order chi connectivity index (χ0) is 14.4. The van der Waals surface area contributed by atoms with Gasteiger partial charge in [-0.25, -0.2) is 0 Å². The zero-order valence-electron chi connectivity index (χ0n) is 11.4. The highest BCUT2D eigenvalue weighted by atomic mass is 16.3. The van der Waals surface area contributed by atoms with E-state index >= 15 is 0 Å². The topological polar surface area (TPSA) is 49.7 Å². The highest BCUT2D eigenvalue weighted by molar-refractivity contribution is 5.86. The second-order valence-electron chi connectivity index (χ2n) is 4.69. The summed E-state index contributed by atoms with van der Waals surface area (Å²) < 4.78 is 0. The first-order valence-electron chi connectivity index (χ1n) is 6.52. The Labute approximate surface area is 118 Å². The van der Waals surface area contributed by atoms with E-state index in [9.17, 15) is 9.90 Å². The van der Waals surface area contributed by atoms with Crippen molar-refractivity contribution in [1.82, 2.24) is 0 Å². The van der Waals surface area contributed by atoms with Crippen LogP contribution in [-0.2, 0) is 11.2 Å². The fourth-order valence-corrected chi connectivity index (χ4v) is 1.87. The average Bonchev–Trinajstić information content (AvgIpc) is 2.46. The van der Waals surface area contributed by atoms with Gasteiger partial charge in [-0.2, -0.15) is 0 Å². The van der Waals surface area contributed by atoms with Crippen LogP contribution in [0.1, 0.15) is 18.1 Å². The van der Waals surface area contributed by atoms with Crippen LogP contribution in [0.2, 0.25) is 0 Å². The van der Waals surface area contributed by atoms with Crippen LogP contribution < -0.4 is 0 Å². The number of carbonyl (C=O) groups excluding carboxylic acids is 1. The normalized spacial score (nSPS) is 12.4. The third-order valence-electron chi connectivity index (χ3n) is 3.04. The molecule has 1 atom stereocenters. The lowest BCUT2D eigenvalue weighted by molar-refractivity contribution is -0.118. The predicted molar refractivity (Wildman–Crippen MR) is 80.3 cm³/mol. The Morgan fingerprint density at radius 2 is 1.80 bits per heavy atom. The van der Waals surface area contributed by atoms with Crippen molar-refractivity contribution in [3.63, 3.8) is 0 Å². The maximum atomic E-state index is 11.7. The van der Waals surface area contributed by atoms with Crippen LogP contribution >= 0.6 is 0 Å². The maximum absolute atomic E-state index is 11.7. The molecule has 2 aromatic rings. The van der Waals surface area contributed by atoms with Crippen molar-refractivity contribution >= 4 is 12.0 Å². The number of rotatable bonds is 5. The molecule has 3 nitrogen and oxygen atoms in total. The second-order valence-corrected chi connectivity index (χ2v) is 4.69. The Morgan fingerprint density at radius 3 is 2.40 bits per heavy atom. The van der Waals surface area contributed by atoms with Gasteiger partial charge in [0.25, 0.3) is 0 Å². The molecule has 0 spiro atoms. The molecular formula is C17H17NO2. The number of phenols is 1. The number of benzene rings is 2. The average molecular weight is 267 g/mol. The Bertz CT molecular complexity index is 588. The minimum absolute atomic E-state index is 0.0326. The summed E-state index contributed by atoms with van der Waals surface area (Å²) in [5.74, 6) is 0.256. The van der Waals surface area contributed by atoms with Crippen LogP contribution in [0.15, 0.2) is 59.6 Å². The highest BCUT2D eigenvalue weighted by Gasteiger charge is 2.12. The molecule has 0 fully saturated rings. The molecule has 3 heteroatoms. The largest absolute Gasteiger partial charge is 0.508 e. The van der Waals surface area contributed by atoms with Gasteiger partial charge in [0.1, 0.15) is 11.8 Å². The molecule has 102 valence electrons. The number of aliphatic imine (C=N–C) groups is 1. The molecule has 0 aliphatic heterocycles. The van der Waals surface area contributed by atoms with Gasteiger partial charge in [0.2, 0.25) is 0 Å². The van der Waals surface area contributed by atoms with Crippen molar-refractivity contribution in [3.05, 3.63) is 65.7 Å². The summed E-state index contributed by atoms with van der Waals surface area (Å²) in [5.41, 5.74) is 1.96. The number of nitrogens with zero attached hydrogens (tertiary/aromatic N) is 1. The first kappa shape index (κ1) is 14.0. The third-order valence-corrected chi connectivity index (χ3v) is 3.04. The first-order valence-corrected chi connectivity index (χ1v) is 6.52.